The molecule has 0 fully saturated rings. The minimum Gasteiger partial charge on any atom is -0.497 e. The Morgan fingerprint density at radius 2 is 1.64 bits per heavy atom. The Hall–Kier alpha value is -2.80. The van der Waals surface area contributed by atoms with Crippen LogP contribution in [-0.2, 0) is 9.84 Å². The van der Waals surface area contributed by atoms with E-state index < -0.39 is 15.9 Å². The lowest BCUT2D eigenvalue weighted by molar-refractivity contribution is 0.0983. The van der Waals surface area contributed by atoms with Crippen molar-refractivity contribution in [2.24, 2.45) is 0 Å². The highest BCUT2D eigenvalue weighted by molar-refractivity contribution is 7.94. The van der Waals surface area contributed by atoms with Crippen LogP contribution in [0.2, 0.25) is 0 Å². The molecular weight excluding hydrogens is 378 g/mol. The van der Waals surface area contributed by atoms with Crippen LogP contribution in [0.1, 0.15) is 24.2 Å². The lowest BCUT2D eigenvalue weighted by atomic mass is 10.1. The van der Waals surface area contributed by atoms with Crippen LogP contribution < -0.4 is 14.4 Å². The summed E-state index contributed by atoms with van der Waals surface area (Å²) >= 11 is 0. The van der Waals surface area contributed by atoms with Gasteiger partial charge in [0.25, 0.3) is 5.91 Å². The summed E-state index contributed by atoms with van der Waals surface area (Å²) in [5.41, 5.74) is 1.05. The Morgan fingerprint density at radius 1 is 1.04 bits per heavy atom. The minimum atomic E-state index is -3.32. The zero-order valence-electron chi connectivity index (χ0n) is 16.0. The second kappa shape index (κ2) is 8.06. The smallest absolute Gasteiger partial charge is 0.258 e. The summed E-state index contributed by atoms with van der Waals surface area (Å²) in [6, 6.07) is 13.2. The average molecular weight is 401 g/mol. The molecule has 0 aliphatic carbocycles. The normalized spacial score (nSPS) is 17.5. The third kappa shape index (κ3) is 4.54. The van der Waals surface area contributed by atoms with Gasteiger partial charge in [-0.25, -0.2) is 8.42 Å². The molecule has 1 amide bonds. The van der Waals surface area contributed by atoms with E-state index in [0.29, 0.717) is 22.7 Å². The van der Waals surface area contributed by atoms with Crippen molar-refractivity contribution < 1.29 is 22.7 Å². The van der Waals surface area contributed by atoms with Gasteiger partial charge in [-0.15, -0.1) is 0 Å². The maximum Gasteiger partial charge on any atom is 0.258 e. The summed E-state index contributed by atoms with van der Waals surface area (Å²) in [7, 11) is -1.76. The molecule has 1 aliphatic heterocycles. The Bertz CT molecular complexity index is 963. The molecule has 0 saturated heterocycles. The first-order valence-corrected chi connectivity index (χ1v) is 10.7. The lowest BCUT2D eigenvalue weighted by Gasteiger charge is -2.28. The number of carbonyl (C=O) groups is 1. The van der Waals surface area contributed by atoms with Crippen LogP contribution in [0.15, 0.2) is 60.0 Å². The average Bonchev–Trinajstić information content (AvgIpc) is 3.02. The molecule has 1 aliphatic rings. The summed E-state index contributed by atoms with van der Waals surface area (Å²) in [5, 5.41) is 1.17. The van der Waals surface area contributed by atoms with E-state index in [1.54, 1.807) is 61.7 Å². The molecule has 7 heteroatoms. The zero-order chi connectivity index (χ0) is 20.3. The van der Waals surface area contributed by atoms with Gasteiger partial charge in [0, 0.05) is 16.7 Å². The number of benzene rings is 2. The Kier molecular flexibility index (Phi) is 5.74. The molecule has 28 heavy (non-hydrogen) atoms. The highest BCUT2D eigenvalue weighted by atomic mass is 32.2. The van der Waals surface area contributed by atoms with Gasteiger partial charge in [0.15, 0.2) is 9.84 Å². The molecule has 1 atom stereocenters. The molecular formula is C21H23NO5S. The number of hydrogen-bond acceptors (Lipinski definition) is 5. The Morgan fingerprint density at radius 3 is 2.14 bits per heavy atom. The summed E-state index contributed by atoms with van der Waals surface area (Å²) in [6.45, 7) is 3.86. The van der Waals surface area contributed by atoms with E-state index in [4.69, 9.17) is 9.47 Å². The fourth-order valence-electron chi connectivity index (χ4n) is 3.01. The van der Waals surface area contributed by atoms with Crippen molar-refractivity contribution in [3.8, 4) is 11.5 Å². The van der Waals surface area contributed by atoms with Crippen LogP contribution in [0.5, 0.6) is 11.5 Å². The van der Waals surface area contributed by atoms with E-state index >= 15 is 0 Å². The van der Waals surface area contributed by atoms with Gasteiger partial charge in [-0.3, -0.25) is 4.79 Å². The second-order valence-corrected chi connectivity index (χ2v) is 8.72. The van der Waals surface area contributed by atoms with Crippen molar-refractivity contribution in [2.75, 3.05) is 17.8 Å². The van der Waals surface area contributed by atoms with E-state index in [1.807, 2.05) is 13.8 Å². The standard InChI is InChI=1S/C21H23NO5S/c1-15(2)27-20-8-4-16(5-9-20)21(23)22(18-12-13-28(24,25)14-18)17-6-10-19(26-3)11-7-17/h4-13,15,18H,14H2,1-3H3. The maximum atomic E-state index is 13.3. The molecule has 1 unspecified atom stereocenters. The second-order valence-electron chi connectivity index (χ2n) is 6.79. The third-order valence-electron chi connectivity index (χ3n) is 4.29. The van der Waals surface area contributed by atoms with Crippen LogP contribution in [0, 0.1) is 0 Å². The van der Waals surface area contributed by atoms with E-state index in [9.17, 15) is 13.2 Å². The van der Waals surface area contributed by atoms with Crippen LogP contribution in [0.3, 0.4) is 0 Å². The zero-order valence-corrected chi connectivity index (χ0v) is 16.8. The molecule has 0 aromatic heterocycles. The van der Waals surface area contributed by atoms with Crippen molar-refractivity contribution in [2.45, 2.75) is 26.0 Å². The van der Waals surface area contributed by atoms with Gasteiger partial charge in [-0.1, -0.05) is 0 Å². The topological polar surface area (TPSA) is 72.9 Å². The highest BCUT2D eigenvalue weighted by Crippen LogP contribution is 2.27. The van der Waals surface area contributed by atoms with Crippen LogP contribution in [-0.4, -0.2) is 39.3 Å². The fraction of sp³-hybridized carbons (Fsp3) is 0.286. The molecule has 6 nitrogen and oxygen atoms in total. The SMILES string of the molecule is COc1ccc(N(C(=O)c2ccc(OC(C)C)cc2)C2C=CS(=O)(=O)C2)cc1. The van der Waals surface area contributed by atoms with Gasteiger partial charge in [-0.2, -0.15) is 0 Å². The molecule has 0 spiro atoms. The van der Waals surface area contributed by atoms with Crippen LogP contribution in [0.25, 0.3) is 0 Å². The van der Waals surface area contributed by atoms with E-state index in [2.05, 4.69) is 0 Å². The molecule has 0 saturated carbocycles. The number of rotatable bonds is 6. The van der Waals surface area contributed by atoms with Crippen molar-refractivity contribution in [1.82, 2.24) is 0 Å². The highest BCUT2D eigenvalue weighted by Gasteiger charge is 2.32. The molecule has 1 heterocycles. The molecule has 3 rings (SSSR count). The number of sulfone groups is 1. The first kappa shape index (κ1) is 19.9. The molecule has 0 radical (unpaired) electrons. The van der Waals surface area contributed by atoms with Gasteiger partial charge >= 0.3 is 0 Å². The summed E-state index contributed by atoms with van der Waals surface area (Å²) < 4.78 is 34.6. The maximum absolute atomic E-state index is 13.3. The number of ether oxygens (including phenoxy) is 2. The number of methoxy groups -OCH3 is 1. The number of anilines is 1. The summed E-state index contributed by atoms with van der Waals surface area (Å²) in [5.74, 6) is 0.902. The van der Waals surface area contributed by atoms with E-state index in [1.165, 1.54) is 10.3 Å². The quantitative estimate of drug-likeness (QED) is 0.741. The van der Waals surface area contributed by atoms with Crippen molar-refractivity contribution in [1.29, 1.82) is 0 Å². The first-order chi connectivity index (χ1) is 13.3. The largest absolute Gasteiger partial charge is 0.497 e. The van der Waals surface area contributed by atoms with Crippen LogP contribution >= 0.6 is 0 Å². The Labute approximate surface area is 165 Å². The third-order valence-corrected chi connectivity index (χ3v) is 5.66. The van der Waals surface area contributed by atoms with Crippen LogP contribution in [0.4, 0.5) is 5.69 Å². The number of hydrogen-bond donors (Lipinski definition) is 0. The Balaban J connectivity index is 1.93. The number of nitrogens with zero attached hydrogens (tertiary/aromatic N) is 1. The van der Waals surface area contributed by atoms with Gasteiger partial charge < -0.3 is 14.4 Å². The van der Waals surface area contributed by atoms with E-state index in [0.717, 1.165) is 0 Å². The van der Waals surface area contributed by atoms with Crippen molar-refractivity contribution in [3.05, 3.63) is 65.6 Å². The van der Waals surface area contributed by atoms with Gasteiger partial charge in [0.2, 0.25) is 0 Å². The predicted octanol–water partition coefficient (Wildman–Crippen LogP) is 3.44. The summed E-state index contributed by atoms with van der Waals surface area (Å²) in [4.78, 5) is 14.8. The van der Waals surface area contributed by atoms with Crippen molar-refractivity contribution in [3.63, 3.8) is 0 Å². The number of carbonyl (C=O) groups excluding carboxylic acids is 1. The first-order valence-electron chi connectivity index (χ1n) is 8.94. The molecule has 0 N–H and O–H groups in total. The molecule has 2 aromatic rings. The molecule has 0 bridgehead atoms. The lowest BCUT2D eigenvalue weighted by Crippen LogP contribution is -2.41. The van der Waals surface area contributed by atoms with E-state index in [-0.39, 0.29) is 17.8 Å². The van der Waals surface area contributed by atoms with Gasteiger partial charge in [0.1, 0.15) is 11.5 Å². The number of amides is 1. The summed E-state index contributed by atoms with van der Waals surface area (Å²) in [6.07, 6.45) is 1.58. The van der Waals surface area contributed by atoms with Gasteiger partial charge in [0.05, 0.1) is 25.0 Å². The predicted molar refractivity (Wildman–Crippen MR) is 109 cm³/mol. The fourth-order valence-corrected chi connectivity index (χ4v) is 4.28. The van der Waals surface area contributed by atoms with Gasteiger partial charge in [-0.05, 0) is 68.5 Å². The minimum absolute atomic E-state index is 0.0335. The monoisotopic (exact) mass is 401 g/mol. The van der Waals surface area contributed by atoms with Crippen molar-refractivity contribution >= 4 is 21.4 Å². The molecule has 2 aromatic carbocycles. The molecule has 148 valence electrons.